The third-order valence-electron chi connectivity index (χ3n) is 2.41. The number of thiophene rings is 1. The van der Waals surface area contributed by atoms with Gasteiger partial charge in [0, 0.05) is 0 Å². The molecule has 0 aliphatic heterocycles. The number of methoxy groups -OCH3 is 1. The van der Waals surface area contributed by atoms with E-state index in [-0.39, 0.29) is 17.9 Å². The van der Waals surface area contributed by atoms with Crippen molar-refractivity contribution in [3.8, 4) is 10.6 Å². The molecule has 0 spiro atoms. The molecule has 0 aliphatic carbocycles. The molecule has 0 aliphatic rings. The minimum absolute atomic E-state index is 0.206. The van der Waals surface area contributed by atoms with Crippen LogP contribution >= 0.6 is 11.3 Å². The average Bonchev–Trinajstić information content (AvgIpc) is 3.06. The predicted molar refractivity (Wildman–Crippen MR) is 70.8 cm³/mol. The number of aromatic carboxylic acids is 1. The highest BCUT2D eigenvalue weighted by molar-refractivity contribution is 7.13. The van der Waals surface area contributed by atoms with Gasteiger partial charge in [-0.15, -0.1) is 16.4 Å². The monoisotopic (exact) mass is 310 g/mol. The highest BCUT2D eigenvalue weighted by Gasteiger charge is 2.23. The maximum absolute atomic E-state index is 11.6. The maximum Gasteiger partial charge on any atom is 0.413 e. The molecule has 2 N–H and O–H groups in total. The van der Waals surface area contributed by atoms with Crippen LogP contribution in [0.2, 0.25) is 0 Å². The normalized spacial score (nSPS) is 10.1. The Kier molecular flexibility index (Phi) is 4.28. The molecule has 110 valence electrons. The van der Waals surface area contributed by atoms with Crippen LogP contribution in [-0.4, -0.2) is 45.2 Å². The number of hydrogen-bond acceptors (Lipinski definition) is 7. The number of imide groups is 1. The maximum atomic E-state index is 11.6. The number of hydrogen-bond donors (Lipinski definition) is 2. The van der Waals surface area contributed by atoms with Gasteiger partial charge in [-0.25, -0.2) is 14.3 Å². The van der Waals surface area contributed by atoms with Crippen LogP contribution in [0.1, 0.15) is 10.5 Å². The number of carbonyl (C=O) groups is 3. The van der Waals surface area contributed by atoms with E-state index in [0.29, 0.717) is 4.88 Å². The molecule has 0 radical (unpaired) electrons. The number of carboxylic acid groups (broad SMARTS) is 1. The van der Waals surface area contributed by atoms with Crippen molar-refractivity contribution in [2.75, 3.05) is 7.11 Å². The third kappa shape index (κ3) is 3.23. The molecule has 0 fully saturated rings. The van der Waals surface area contributed by atoms with Crippen molar-refractivity contribution in [1.29, 1.82) is 0 Å². The van der Waals surface area contributed by atoms with Crippen molar-refractivity contribution < 1.29 is 24.2 Å². The lowest BCUT2D eigenvalue weighted by molar-refractivity contribution is -0.121. The zero-order valence-electron chi connectivity index (χ0n) is 10.8. The van der Waals surface area contributed by atoms with Crippen LogP contribution in [0, 0.1) is 0 Å². The second-order valence-electron chi connectivity index (χ2n) is 3.77. The second kappa shape index (κ2) is 6.13. The Balaban J connectivity index is 2.30. The molecule has 2 heterocycles. The Morgan fingerprint density at radius 2 is 2.24 bits per heavy atom. The van der Waals surface area contributed by atoms with E-state index in [0.717, 1.165) is 11.8 Å². The van der Waals surface area contributed by atoms with E-state index in [9.17, 15) is 14.4 Å². The average molecular weight is 310 g/mol. The lowest BCUT2D eigenvalue weighted by Gasteiger charge is -2.05. The number of aromatic nitrogens is 3. The van der Waals surface area contributed by atoms with Gasteiger partial charge in [0.2, 0.25) is 0 Å². The van der Waals surface area contributed by atoms with Crippen molar-refractivity contribution >= 4 is 29.3 Å². The minimum atomic E-state index is -1.25. The number of carboxylic acids is 1. The van der Waals surface area contributed by atoms with Gasteiger partial charge >= 0.3 is 12.1 Å². The summed E-state index contributed by atoms with van der Waals surface area (Å²) in [5.74, 6) is -1.94. The van der Waals surface area contributed by atoms with Crippen LogP contribution in [0.15, 0.2) is 17.5 Å². The summed E-state index contributed by atoms with van der Waals surface area (Å²) in [4.78, 5) is 34.3. The van der Waals surface area contributed by atoms with Crippen LogP contribution in [0.3, 0.4) is 0 Å². The van der Waals surface area contributed by atoms with Gasteiger partial charge in [-0.2, -0.15) is 0 Å². The van der Waals surface area contributed by atoms with Crippen LogP contribution < -0.4 is 5.32 Å². The number of amides is 2. The van der Waals surface area contributed by atoms with Crippen molar-refractivity contribution in [2.45, 2.75) is 6.54 Å². The van der Waals surface area contributed by atoms with E-state index in [2.05, 4.69) is 15.0 Å². The molecule has 2 amide bonds. The fourth-order valence-corrected chi connectivity index (χ4v) is 2.34. The van der Waals surface area contributed by atoms with Crippen molar-refractivity contribution in [1.82, 2.24) is 20.3 Å². The van der Waals surface area contributed by atoms with Gasteiger partial charge in [0.15, 0.2) is 5.69 Å². The highest BCUT2D eigenvalue weighted by Crippen LogP contribution is 2.26. The molecule has 0 bridgehead atoms. The SMILES string of the molecule is COC(=O)NC(=O)Cn1nnc(C(=O)O)c1-c1cccs1. The van der Waals surface area contributed by atoms with Gasteiger partial charge in [0.05, 0.1) is 12.0 Å². The third-order valence-corrected chi connectivity index (χ3v) is 3.29. The quantitative estimate of drug-likeness (QED) is 0.846. The Morgan fingerprint density at radius 1 is 1.48 bits per heavy atom. The van der Waals surface area contributed by atoms with Gasteiger partial charge in [-0.05, 0) is 11.4 Å². The summed E-state index contributed by atoms with van der Waals surface area (Å²) in [6.07, 6.45) is -0.906. The van der Waals surface area contributed by atoms with E-state index in [4.69, 9.17) is 5.11 Å². The predicted octanol–water partition coefficient (Wildman–Crippen LogP) is 0.587. The first kappa shape index (κ1) is 14.7. The lowest BCUT2D eigenvalue weighted by Crippen LogP contribution is -2.33. The van der Waals surface area contributed by atoms with E-state index in [1.54, 1.807) is 17.5 Å². The van der Waals surface area contributed by atoms with Gasteiger partial charge in [0.1, 0.15) is 12.2 Å². The zero-order valence-corrected chi connectivity index (χ0v) is 11.6. The molecule has 0 aromatic carbocycles. The number of nitrogens with one attached hydrogen (secondary N) is 1. The number of alkyl carbamates (subject to hydrolysis) is 1. The Bertz CT molecular complexity index is 679. The molecule has 0 saturated heterocycles. The summed E-state index contributed by atoms with van der Waals surface area (Å²) in [6, 6.07) is 3.42. The molecule has 21 heavy (non-hydrogen) atoms. The molecular weight excluding hydrogens is 300 g/mol. The molecule has 10 heteroatoms. The molecule has 2 aromatic rings. The van der Waals surface area contributed by atoms with Crippen molar-refractivity contribution in [3.05, 3.63) is 23.2 Å². The van der Waals surface area contributed by atoms with Crippen LogP contribution in [-0.2, 0) is 16.1 Å². The number of nitrogens with zero attached hydrogens (tertiary/aromatic N) is 3. The number of rotatable bonds is 4. The summed E-state index contributed by atoms with van der Waals surface area (Å²) in [7, 11) is 1.12. The van der Waals surface area contributed by atoms with Crippen LogP contribution in [0.4, 0.5) is 4.79 Å². The topological polar surface area (TPSA) is 123 Å². The largest absolute Gasteiger partial charge is 0.476 e. The summed E-state index contributed by atoms with van der Waals surface area (Å²) in [5.41, 5.74) is -0.0548. The highest BCUT2D eigenvalue weighted by atomic mass is 32.1. The first-order valence-corrected chi connectivity index (χ1v) is 6.49. The summed E-state index contributed by atoms with van der Waals surface area (Å²) in [5, 5.41) is 20.0. The zero-order chi connectivity index (χ0) is 15.4. The molecular formula is C11H10N4O5S. The Morgan fingerprint density at radius 3 is 2.81 bits per heavy atom. The van der Waals surface area contributed by atoms with Crippen LogP contribution in [0.5, 0.6) is 0 Å². The number of ether oxygens (including phenoxy) is 1. The smallest absolute Gasteiger partial charge is 0.413 e. The first-order chi connectivity index (χ1) is 10.0. The fourth-order valence-electron chi connectivity index (χ4n) is 1.57. The van der Waals surface area contributed by atoms with Gasteiger partial charge in [-0.1, -0.05) is 11.3 Å². The van der Waals surface area contributed by atoms with Crippen molar-refractivity contribution in [3.63, 3.8) is 0 Å². The number of carbonyl (C=O) groups excluding carboxylic acids is 2. The van der Waals surface area contributed by atoms with Crippen molar-refractivity contribution in [2.24, 2.45) is 0 Å². The lowest BCUT2D eigenvalue weighted by atomic mass is 10.2. The van der Waals surface area contributed by atoms with E-state index in [1.807, 2.05) is 5.32 Å². The Hall–Kier alpha value is -2.75. The van der Waals surface area contributed by atoms with Gasteiger partial charge < -0.3 is 9.84 Å². The minimum Gasteiger partial charge on any atom is -0.476 e. The second-order valence-corrected chi connectivity index (χ2v) is 4.71. The molecule has 2 rings (SSSR count). The van der Waals surface area contributed by atoms with E-state index in [1.165, 1.54) is 11.3 Å². The molecule has 0 unspecified atom stereocenters. The first-order valence-electron chi connectivity index (χ1n) is 5.61. The van der Waals surface area contributed by atoms with E-state index >= 15 is 0 Å². The summed E-state index contributed by atoms with van der Waals surface area (Å²) in [6.45, 7) is -0.359. The molecule has 2 aromatic heterocycles. The summed E-state index contributed by atoms with van der Waals surface area (Å²) >= 11 is 1.28. The molecule has 9 nitrogen and oxygen atoms in total. The summed E-state index contributed by atoms with van der Waals surface area (Å²) < 4.78 is 5.41. The van der Waals surface area contributed by atoms with Crippen LogP contribution in [0.25, 0.3) is 10.6 Å². The van der Waals surface area contributed by atoms with Gasteiger partial charge in [-0.3, -0.25) is 10.1 Å². The molecule has 0 saturated carbocycles. The fraction of sp³-hybridized carbons (Fsp3) is 0.182. The Labute approximate surface area is 122 Å². The van der Waals surface area contributed by atoms with Gasteiger partial charge in [0.25, 0.3) is 5.91 Å². The van der Waals surface area contributed by atoms with E-state index < -0.39 is 18.0 Å². The standard InChI is InChI=1S/C11H10N4O5S/c1-20-11(19)12-7(16)5-15-9(6-3-2-4-21-6)8(10(17)18)13-14-15/h2-4H,5H2,1H3,(H,17,18)(H,12,16,19). The molecule has 0 atom stereocenters.